The van der Waals surface area contributed by atoms with Crippen molar-refractivity contribution in [3.05, 3.63) is 29.6 Å². The maximum absolute atomic E-state index is 12.4. The van der Waals surface area contributed by atoms with E-state index in [-0.39, 0.29) is 24.9 Å². The molecular formula is C6H2BF6Li. The second kappa shape index (κ2) is 4.32. The molecule has 0 unspecified atom stereocenters. The summed E-state index contributed by atoms with van der Waals surface area (Å²) in [5.41, 5.74) is -2.14. The monoisotopic (exact) mass is 206 g/mol. The van der Waals surface area contributed by atoms with Crippen LogP contribution in [0.2, 0.25) is 0 Å². The maximum atomic E-state index is 12.4. The van der Waals surface area contributed by atoms with Crippen LogP contribution in [-0.2, 0) is 0 Å². The molecule has 1 aromatic rings. The van der Waals surface area contributed by atoms with Gasteiger partial charge in [0.15, 0.2) is 5.82 Å². The van der Waals surface area contributed by atoms with Gasteiger partial charge in [-0.05, 0) is 17.6 Å². The van der Waals surface area contributed by atoms with E-state index < -0.39 is 29.9 Å². The summed E-state index contributed by atoms with van der Waals surface area (Å²) in [4.78, 5) is 0. The van der Waals surface area contributed by atoms with Crippen LogP contribution in [0.3, 0.4) is 0 Å². The van der Waals surface area contributed by atoms with Crippen molar-refractivity contribution in [2.45, 2.75) is 0 Å². The molecule has 0 aliphatic heterocycles. The number of rotatable bonds is 1. The second-order valence-corrected chi connectivity index (χ2v) is 2.33. The van der Waals surface area contributed by atoms with Gasteiger partial charge in [-0.15, -0.1) is 0 Å². The van der Waals surface area contributed by atoms with Gasteiger partial charge in [-0.3, -0.25) is 0 Å². The normalized spacial score (nSPS) is 11.0. The van der Waals surface area contributed by atoms with E-state index in [1.807, 2.05) is 0 Å². The molecule has 14 heavy (non-hydrogen) atoms. The summed E-state index contributed by atoms with van der Waals surface area (Å²) < 4.78 is 72.8. The molecule has 0 heterocycles. The Labute approximate surface area is 87.5 Å². The quantitative estimate of drug-likeness (QED) is 0.319. The van der Waals surface area contributed by atoms with E-state index in [4.69, 9.17) is 0 Å². The van der Waals surface area contributed by atoms with Crippen molar-refractivity contribution in [1.29, 1.82) is 0 Å². The molecule has 0 fully saturated rings. The Morgan fingerprint density at radius 1 is 0.857 bits per heavy atom. The molecular weight excluding hydrogens is 204 g/mol. The van der Waals surface area contributed by atoms with E-state index in [1.165, 1.54) is 0 Å². The van der Waals surface area contributed by atoms with Gasteiger partial charge in [0.05, 0.1) is 5.82 Å². The van der Waals surface area contributed by atoms with Gasteiger partial charge in [0.25, 0.3) is 0 Å². The van der Waals surface area contributed by atoms with Crippen LogP contribution >= 0.6 is 0 Å². The van der Waals surface area contributed by atoms with Gasteiger partial charge in [-0.1, -0.05) is 0 Å². The van der Waals surface area contributed by atoms with E-state index in [0.29, 0.717) is 6.07 Å². The molecule has 0 nitrogen and oxygen atoms in total. The SMILES string of the molecule is Fc1ccc(F)c([B-](F)(F)F)c1F.[Li+]. The first-order valence-corrected chi connectivity index (χ1v) is 3.17. The molecule has 0 saturated heterocycles. The van der Waals surface area contributed by atoms with Gasteiger partial charge in [0, 0.05) is 0 Å². The fourth-order valence-corrected chi connectivity index (χ4v) is 0.843. The predicted molar refractivity (Wildman–Crippen MR) is 35.0 cm³/mol. The Bertz CT molecular complexity index is 336. The first-order chi connectivity index (χ1) is 5.84. The summed E-state index contributed by atoms with van der Waals surface area (Å²) in [5, 5.41) is 0. The number of benzene rings is 1. The van der Waals surface area contributed by atoms with Gasteiger partial charge in [-0.25, -0.2) is 13.2 Å². The average Bonchev–Trinajstić information content (AvgIpc) is 1.95. The van der Waals surface area contributed by atoms with Gasteiger partial charge in [0.1, 0.15) is 5.82 Å². The third-order valence-corrected chi connectivity index (χ3v) is 1.41. The first-order valence-electron chi connectivity index (χ1n) is 3.17. The van der Waals surface area contributed by atoms with Crippen LogP contribution in [0.15, 0.2) is 12.1 Å². The molecule has 0 bridgehead atoms. The van der Waals surface area contributed by atoms with Crippen molar-refractivity contribution in [1.82, 2.24) is 0 Å². The molecule has 0 N–H and O–H groups in total. The topological polar surface area (TPSA) is 0 Å². The van der Waals surface area contributed by atoms with Gasteiger partial charge in [-0.2, -0.15) is 0 Å². The van der Waals surface area contributed by atoms with E-state index in [2.05, 4.69) is 0 Å². The molecule has 0 aromatic heterocycles. The Morgan fingerprint density at radius 3 is 1.64 bits per heavy atom. The number of hydrogen-bond acceptors (Lipinski definition) is 0. The van der Waals surface area contributed by atoms with Crippen molar-refractivity contribution in [2.75, 3.05) is 0 Å². The van der Waals surface area contributed by atoms with Crippen molar-refractivity contribution in [3.63, 3.8) is 0 Å². The molecule has 0 aliphatic carbocycles. The molecule has 1 rings (SSSR count). The van der Waals surface area contributed by atoms with Crippen LogP contribution in [0.5, 0.6) is 0 Å². The van der Waals surface area contributed by atoms with E-state index >= 15 is 0 Å². The Hall–Kier alpha value is -0.538. The van der Waals surface area contributed by atoms with Crippen LogP contribution in [0, 0.1) is 17.5 Å². The fraction of sp³-hybridized carbons (Fsp3) is 0. The molecule has 0 radical (unpaired) electrons. The second-order valence-electron chi connectivity index (χ2n) is 2.33. The minimum atomic E-state index is -5.86. The van der Waals surface area contributed by atoms with Crippen molar-refractivity contribution < 1.29 is 45.0 Å². The molecule has 72 valence electrons. The molecule has 0 amide bonds. The van der Waals surface area contributed by atoms with E-state index in [1.54, 1.807) is 0 Å². The fourth-order valence-electron chi connectivity index (χ4n) is 0.843. The minimum absolute atomic E-state index is 0. The summed E-state index contributed by atoms with van der Waals surface area (Å²) in [7, 11) is 0. The third-order valence-electron chi connectivity index (χ3n) is 1.41. The van der Waals surface area contributed by atoms with E-state index in [9.17, 15) is 26.1 Å². The summed E-state index contributed by atoms with van der Waals surface area (Å²) >= 11 is 0. The summed E-state index contributed by atoms with van der Waals surface area (Å²) in [5.74, 6) is -5.70. The smallest absolute Gasteiger partial charge is 0.445 e. The number of halogens is 6. The minimum Gasteiger partial charge on any atom is -0.445 e. The Balaban J connectivity index is 0.00000169. The standard InChI is InChI=1S/C6H2BF6.Li/c8-3-1-2-4(9)6(10)5(3)7(11,12)13;/h1-2H;/q-1;+1. The summed E-state index contributed by atoms with van der Waals surface area (Å²) in [6, 6.07) is 0.541. The van der Waals surface area contributed by atoms with Crippen LogP contribution in [0.1, 0.15) is 0 Å². The van der Waals surface area contributed by atoms with Crippen molar-refractivity contribution >= 4 is 12.4 Å². The molecule has 1 aromatic carbocycles. The average molecular weight is 206 g/mol. The van der Waals surface area contributed by atoms with E-state index in [0.717, 1.165) is 0 Å². The molecule has 0 saturated carbocycles. The maximum Gasteiger partial charge on any atom is 1.00 e. The largest absolute Gasteiger partial charge is 1.00 e. The van der Waals surface area contributed by atoms with Crippen molar-refractivity contribution in [3.8, 4) is 0 Å². The van der Waals surface area contributed by atoms with Crippen LogP contribution in [0.25, 0.3) is 0 Å². The molecule has 0 spiro atoms. The predicted octanol–water partition coefficient (Wildman–Crippen LogP) is -0.838. The zero-order chi connectivity index (χ0) is 10.2. The first kappa shape index (κ1) is 13.5. The van der Waals surface area contributed by atoms with Crippen LogP contribution in [-0.4, -0.2) is 6.98 Å². The van der Waals surface area contributed by atoms with Crippen LogP contribution < -0.4 is 24.3 Å². The molecule has 0 aliphatic rings. The molecule has 0 atom stereocenters. The molecule has 8 heteroatoms. The summed E-state index contributed by atoms with van der Waals surface area (Å²) in [6.45, 7) is -5.86. The zero-order valence-corrected chi connectivity index (χ0v) is 7.00. The third kappa shape index (κ3) is 2.49. The number of hydrogen-bond donors (Lipinski definition) is 0. The summed E-state index contributed by atoms with van der Waals surface area (Å²) in [6.07, 6.45) is 0. The van der Waals surface area contributed by atoms with Crippen molar-refractivity contribution in [2.24, 2.45) is 0 Å². The van der Waals surface area contributed by atoms with Crippen LogP contribution in [0.4, 0.5) is 26.1 Å². The van der Waals surface area contributed by atoms with Gasteiger partial charge >= 0.3 is 25.8 Å². The van der Waals surface area contributed by atoms with Gasteiger partial charge < -0.3 is 12.9 Å². The van der Waals surface area contributed by atoms with Gasteiger partial charge in [0.2, 0.25) is 0 Å². The Kier molecular flexibility index (Phi) is 4.16. The zero-order valence-electron chi connectivity index (χ0n) is 7.00. The Morgan fingerprint density at radius 2 is 1.29 bits per heavy atom.